The van der Waals surface area contributed by atoms with Crippen LogP contribution in [-0.4, -0.2) is 24.1 Å². The van der Waals surface area contributed by atoms with Gasteiger partial charge in [0.25, 0.3) is 5.91 Å². The van der Waals surface area contributed by atoms with Gasteiger partial charge >= 0.3 is 0 Å². The molecule has 2 aromatic carbocycles. The van der Waals surface area contributed by atoms with E-state index in [1.165, 1.54) is 0 Å². The Kier molecular flexibility index (Phi) is 3.31. The molecular formula is C18H14N2O3. The van der Waals surface area contributed by atoms with Gasteiger partial charge in [0.1, 0.15) is 13.2 Å². The first-order valence-corrected chi connectivity index (χ1v) is 7.36. The number of pyridine rings is 1. The topological polar surface area (TPSA) is 60.5 Å². The lowest BCUT2D eigenvalue weighted by Gasteiger charge is -2.20. The Labute approximate surface area is 132 Å². The standard InChI is InChI=1S/C18H14N2O3/c21-18(13-6-2-8-15-17(13)23-11-10-22-15)20-14-7-1-4-12-5-3-9-19-16(12)14/h1-9H,10-11H2,(H,20,21). The fourth-order valence-electron chi connectivity index (χ4n) is 2.65. The molecule has 1 N–H and O–H groups in total. The number of aromatic nitrogens is 1. The summed E-state index contributed by atoms with van der Waals surface area (Å²) >= 11 is 0. The van der Waals surface area contributed by atoms with Crippen LogP contribution < -0.4 is 14.8 Å². The second-order valence-corrected chi connectivity index (χ2v) is 5.16. The van der Waals surface area contributed by atoms with Crippen LogP contribution in [0.3, 0.4) is 0 Å². The van der Waals surface area contributed by atoms with Crippen molar-refractivity contribution in [2.24, 2.45) is 0 Å². The number of para-hydroxylation sites is 2. The fourth-order valence-corrected chi connectivity index (χ4v) is 2.65. The van der Waals surface area contributed by atoms with Gasteiger partial charge in [-0.3, -0.25) is 9.78 Å². The van der Waals surface area contributed by atoms with Gasteiger partial charge in [0, 0.05) is 11.6 Å². The summed E-state index contributed by atoms with van der Waals surface area (Å²) in [5.41, 5.74) is 1.88. The molecule has 114 valence electrons. The lowest BCUT2D eigenvalue weighted by atomic mass is 10.1. The molecule has 0 aliphatic carbocycles. The zero-order chi connectivity index (χ0) is 15.6. The van der Waals surface area contributed by atoms with Gasteiger partial charge in [-0.15, -0.1) is 0 Å². The first kappa shape index (κ1) is 13.6. The van der Waals surface area contributed by atoms with E-state index in [1.807, 2.05) is 30.3 Å². The predicted molar refractivity (Wildman–Crippen MR) is 87.1 cm³/mol. The Morgan fingerprint density at radius 3 is 2.78 bits per heavy atom. The zero-order valence-corrected chi connectivity index (χ0v) is 12.3. The third-order valence-electron chi connectivity index (χ3n) is 3.69. The van der Waals surface area contributed by atoms with Gasteiger partial charge < -0.3 is 14.8 Å². The largest absolute Gasteiger partial charge is 0.486 e. The van der Waals surface area contributed by atoms with E-state index in [2.05, 4.69) is 10.3 Å². The normalized spacial score (nSPS) is 12.9. The first-order valence-electron chi connectivity index (χ1n) is 7.36. The second-order valence-electron chi connectivity index (χ2n) is 5.16. The van der Waals surface area contributed by atoms with Gasteiger partial charge in [-0.1, -0.05) is 24.3 Å². The van der Waals surface area contributed by atoms with Crippen LogP contribution in [0, 0.1) is 0 Å². The monoisotopic (exact) mass is 306 g/mol. The number of benzene rings is 2. The summed E-state index contributed by atoms with van der Waals surface area (Å²) in [6.07, 6.45) is 1.71. The molecule has 2 heterocycles. The summed E-state index contributed by atoms with van der Waals surface area (Å²) in [5, 5.41) is 3.89. The minimum atomic E-state index is -0.245. The van der Waals surface area contributed by atoms with Gasteiger partial charge in [-0.05, 0) is 24.3 Å². The molecule has 0 fully saturated rings. The van der Waals surface area contributed by atoms with Crippen molar-refractivity contribution < 1.29 is 14.3 Å². The number of nitrogens with one attached hydrogen (secondary N) is 1. The van der Waals surface area contributed by atoms with Gasteiger partial charge in [0.2, 0.25) is 0 Å². The maximum atomic E-state index is 12.7. The molecule has 1 aliphatic heterocycles. The minimum Gasteiger partial charge on any atom is -0.486 e. The smallest absolute Gasteiger partial charge is 0.259 e. The predicted octanol–water partition coefficient (Wildman–Crippen LogP) is 3.26. The van der Waals surface area contributed by atoms with Crippen molar-refractivity contribution in [1.82, 2.24) is 4.98 Å². The summed E-state index contributed by atoms with van der Waals surface area (Å²) in [5.74, 6) is 0.842. The fraction of sp³-hybridized carbons (Fsp3) is 0.111. The molecule has 5 heteroatoms. The van der Waals surface area contributed by atoms with Crippen LogP contribution in [0.25, 0.3) is 10.9 Å². The number of rotatable bonds is 2. The highest BCUT2D eigenvalue weighted by molar-refractivity contribution is 6.10. The molecule has 5 nitrogen and oxygen atoms in total. The van der Waals surface area contributed by atoms with Crippen molar-refractivity contribution in [3.05, 3.63) is 60.3 Å². The van der Waals surface area contributed by atoms with Crippen LogP contribution in [0.5, 0.6) is 11.5 Å². The summed E-state index contributed by atoms with van der Waals surface area (Å²) in [7, 11) is 0. The average molecular weight is 306 g/mol. The molecule has 0 atom stereocenters. The Bertz CT molecular complexity index is 887. The van der Waals surface area contributed by atoms with Crippen molar-refractivity contribution in [3.63, 3.8) is 0 Å². The molecule has 0 saturated heterocycles. The van der Waals surface area contributed by atoms with E-state index in [9.17, 15) is 4.79 Å². The highest BCUT2D eigenvalue weighted by atomic mass is 16.6. The Morgan fingerprint density at radius 2 is 1.83 bits per heavy atom. The van der Waals surface area contributed by atoms with Crippen LogP contribution in [-0.2, 0) is 0 Å². The van der Waals surface area contributed by atoms with Crippen molar-refractivity contribution in [2.45, 2.75) is 0 Å². The number of hydrogen-bond acceptors (Lipinski definition) is 4. The molecule has 0 radical (unpaired) electrons. The number of fused-ring (bicyclic) bond motifs is 2. The van der Waals surface area contributed by atoms with Gasteiger partial charge in [0.05, 0.1) is 16.8 Å². The molecule has 0 unspecified atom stereocenters. The molecule has 3 aromatic rings. The minimum absolute atomic E-state index is 0.245. The Hall–Kier alpha value is -3.08. The number of nitrogens with zero attached hydrogens (tertiary/aromatic N) is 1. The number of anilines is 1. The van der Waals surface area contributed by atoms with Gasteiger partial charge in [-0.25, -0.2) is 0 Å². The molecule has 1 aromatic heterocycles. The molecule has 0 bridgehead atoms. The van der Waals surface area contributed by atoms with Crippen LogP contribution in [0.15, 0.2) is 54.7 Å². The molecule has 0 spiro atoms. The molecule has 4 rings (SSSR count). The lowest BCUT2D eigenvalue weighted by molar-refractivity contribution is 0.101. The van der Waals surface area contributed by atoms with E-state index in [-0.39, 0.29) is 5.91 Å². The van der Waals surface area contributed by atoms with Crippen LogP contribution in [0.2, 0.25) is 0 Å². The number of carbonyl (C=O) groups excluding carboxylic acids is 1. The quantitative estimate of drug-likeness (QED) is 0.789. The van der Waals surface area contributed by atoms with Crippen molar-refractivity contribution >= 4 is 22.5 Å². The van der Waals surface area contributed by atoms with E-state index < -0.39 is 0 Å². The van der Waals surface area contributed by atoms with E-state index >= 15 is 0 Å². The third-order valence-corrected chi connectivity index (χ3v) is 3.69. The summed E-state index contributed by atoms with van der Waals surface area (Å²) < 4.78 is 11.1. The van der Waals surface area contributed by atoms with Gasteiger partial charge in [-0.2, -0.15) is 0 Å². The average Bonchev–Trinajstić information content (AvgIpc) is 2.61. The summed E-state index contributed by atoms with van der Waals surface area (Å²) in [6.45, 7) is 0.929. The lowest BCUT2D eigenvalue weighted by Crippen LogP contribution is -2.20. The van der Waals surface area contributed by atoms with Gasteiger partial charge in [0.15, 0.2) is 11.5 Å². The third kappa shape index (κ3) is 2.46. The van der Waals surface area contributed by atoms with Crippen molar-refractivity contribution in [3.8, 4) is 11.5 Å². The summed E-state index contributed by atoms with van der Waals surface area (Å²) in [6, 6.07) is 14.8. The number of hydrogen-bond donors (Lipinski definition) is 1. The maximum absolute atomic E-state index is 12.7. The molecule has 0 saturated carbocycles. The number of carbonyl (C=O) groups is 1. The number of ether oxygens (including phenoxy) is 2. The molecular weight excluding hydrogens is 292 g/mol. The Morgan fingerprint density at radius 1 is 1.00 bits per heavy atom. The maximum Gasteiger partial charge on any atom is 0.259 e. The highest BCUT2D eigenvalue weighted by Gasteiger charge is 2.20. The first-order chi connectivity index (χ1) is 11.3. The highest BCUT2D eigenvalue weighted by Crippen LogP contribution is 2.34. The SMILES string of the molecule is O=C(Nc1cccc2cccnc12)c1cccc2c1OCCO2. The van der Waals surface area contributed by atoms with Crippen molar-refractivity contribution in [2.75, 3.05) is 18.5 Å². The molecule has 1 aliphatic rings. The Balaban J connectivity index is 1.70. The molecule has 1 amide bonds. The van der Waals surface area contributed by atoms with Crippen LogP contribution >= 0.6 is 0 Å². The van der Waals surface area contributed by atoms with Crippen LogP contribution in [0.4, 0.5) is 5.69 Å². The zero-order valence-electron chi connectivity index (χ0n) is 12.3. The summed E-state index contributed by atoms with van der Waals surface area (Å²) in [4.78, 5) is 17.0. The van der Waals surface area contributed by atoms with E-state index in [0.717, 1.165) is 10.9 Å². The second kappa shape index (κ2) is 5.61. The number of amides is 1. The van der Waals surface area contributed by atoms with Crippen molar-refractivity contribution in [1.29, 1.82) is 0 Å². The van der Waals surface area contributed by atoms with E-state index in [1.54, 1.807) is 24.4 Å². The van der Waals surface area contributed by atoms with E-state index in [4.69, 9.17) is 9.47 Å². The molecule has 23 heavy (non-hydrogen) atoms. The van der Waals surface area contributed by atoms with E-state index in [0.29, 0.717) is 36.0 Å². The van der Waals surface area contributed by atoms with Crippen LogP contribution in [0.1, 0.15) is 10.4 Å².